The van der Waals surface area contributed by atoms with Crippen LogP contribution in [0.3, 0.4) is 0 Å². The molecule has 0 saturated heterocycles. The number of benzene rings is 2. The fourth-order valence-corrected chi connectivity index (χ4v) is 2.31. The molecule has 0 saturated carbocycles. The molecule has 136 valence electrons. The van der Waals surface area contributed by atoms with Crippen molar-refractivity contribution in [1.82, 2.24) is 0 Å². The first-order valence-corrected chi connectivity index (χ1v) is 8.35. The highest BCUT2D eigenvalue weighted by Crippen LogP contribution is 2.16. The zero-order chi connectivity index (χ0) is 18.9. The van der Waals surface area contributed by atoms with Crippen LogP contribution in [0, 0.1) is 0 Å². The van der Waals surface area contributed by atoms with Gasteiger partial charge in [0.15, 0.2) is 5.78 Å². The number of amides is 2. The first-order valence-electron chi connectivity index (χ1n) is 8.35. The van der Waals surface area contributed by atoms with E-state index in [1.165, 1.54) is 13.8 Å². The molecule has 2 N–H and O–H groups in total. The molecule has 2 aromatic carbocycles. The van der Waals surface area contributed by atoms with Crippen LogP contribution in [-0.4, -0.2) is 24.2 Å². The van der Waals surface area contributed by atoms with Gasteiger partial charge in [0.05, 0.1) is 6.61 Å². The van der Waals surface area contributed by atoms with E-state index in [1.54, 1.807) is 48.5 Å². The van der Waals surface area contributed by atoms with Crippen LogP contribution in [0.1, 0.15) is 37.0 Å². The lowest BCUT2D eigenvalue weighted by atomic mass is 10.1. The molecule has 0 fully saturated rings. The molecule has 0 atom stereocenters. The molecule has 0 bridgehead atoms. The highest BCUT2D eigenvalue weighted by atomic mass is 16.5. The lowest BCUT2D eigenvalue weighted by molar-refractivity contribution is -0.116. The lowest BCUT2D eigenvalue weighted by Crippen LogP contribution is -2.13. The second-order valence-electron chi connectivity index (χ2n) is 5.84. The summed E-state index contributed by atoms with van der Waals surface area (Å²) in [7, 11) is 0. The van der Waals surface area contributed by atoms with Gasteiger partial charge in [0.1, 0.15) is 5.75 Å². The number of hydrogen-bond donors (Lipinski definition) is 2. The number of anilines is 2. The van der Waals surface area contributed by atoms with Gasteiger partial charge in [-0.05, 0) is 55.8 Å². The van der Waals surface area contributed by atoms with Gasteiger partial charge in [-0.1, -0.05) is 6.07 Å². The third-order valence-electron chi connectivity index (χ3n) is 3.54. The van der Waals surface area contributed by atoms with E-state index in [-0.39, 0.29) is 17.6 Å². The van der Waals surface area contributed by atoms with Gasteiger partial charge in [-0.25, -0.2) is 0 Å². The number of hydrogen-bond acceptors (Lipinski definition) is 4. The van der Waals surface area contributed by atoms with E-state index >= 15 is 0 Å². The number of ether oxygens (including phenoxy) is 1. The Hall–Kier alpha value is -3.15. The molecule has 0 aliphatic rings. The Morgan fingerprint density at radius 1 is 0.923 bits per heavy atom. The number of Topliss-reactive ketones (excluding diaryl/α,β-unsaturated/α-hetero) is 1. The SMILES string of the molecule is CC(=O)Nc1cccc(NC(=O)CCCOc2ccc(C(C)=O)cc2)c1. The summed E-state index contributed by atoms with van der Waals surface area (Å²) in [5.41, 5.74) is 1.90. The first-order chi connectivity index (χ1) is 12.4. The first kappa shape index (κ1) is 19.2. The maximum Gasteiger partial charge on any atom is 0.224 e. The van der Waals surface area contributed by atoms with Gasteiger partial charge in [-0.3, -0.25) is 14.4 Å². The summed E-state index contributed by atoms with van der Waals surface area (Å²) in [6.07, 6.45) is 0.877. The van der Waals surface area contributed by atoms with Crippen LogP contribution in [0.4, 0.5) is 11.4 Å². The molecular weight excluding hydrogens is 332 g/mol. The number of rotatable bonds is 8. The van der Waals surface area contributed by atoms with Gasteiger partial charge in [-0.15, -0.1) is 0 Å². The largest absolute Gasteiger partial charge is 0.494 e. The van der Waals surface area contributed by atoms with Gasteiger partial charge >= 0.3 is 0 Å². The van der Waals surface area contributed by atoms with Crippen LogP contribution in [0.15, 0.2) is 48.5 Å². The molecule has 6 heteroatoms. The summed E-state index contributed by atoms with van der Waals surface area (Å²) < 4.78 is 5.57. The van der Waals surface area contributed by atoms with E-state index in [0.717, 1.165) is 0 Å². The van der Waals surface area contributed by atoms with E-state index in [2.05, 4.69) is 10.6 Å². The summed E-state index contributed by atoms with van der Waals surface area (Å²) in [5, 5.41) is 5.46. The second-order valence-corrected chi connectivity index (χ2v) is 5.84. The van der Waals surface area contributed by atoms with E-state index in [0.29, 0.717) is 42.1 Å². The predicted octanol–water partition coefficient (Wildman–Crippen LogP) is 3.65. The van der Waals surface area contributed by atoms with Crippen LogP contribution in [0.5, 0.6) is 5.75 Å². The Labute approximate surface area is 152 Å². The van der Waals surface area contributed by atoms with Crippen LogP contribution < -0.4 is 15.4 Å². The lowest BCUT2D eigenvalue weighted by Gasteiger charge is -2.09. The Balaban J connectivity index is 1.73. The normalized spacial score (nSPS) is 10.1. The quantitative estimate of drug-likeness (QED) is 0.560. The topological polar surface area (TPSA) is 84.5 Å². The van der Waals surface area contributed by atoms with Crippen molar-refractivity contribution in [3.05, 3.63) is 54.1 Å². The average Bonchev–Trinajstić information content (AvgIpc) is 2.59. The third-order valence-corrected chi connectivity index (χ3v) is 3.54. The Kier molecular flexibility index (Phi) is 6.91. The van der Waals surface area contributed by atoms with E-state index in [1.807, 2.05) is 0 Å². The van der Waals surface area contributed by atoms with Crippen molar-refractivity contribution in [2.45, 2.75) is 26.7 Å². The molecule has 2 aromatic rings. The van der Waals surface area contributed by atoms with Crippen molar-refractivity contribution in [3.8, 4) is 5.75 Å². The van der Waals surface area contributed by atoms with Crippen molar-refractivity contribution in [1.29, 1.82) is 0 Å². The van der Waals surface area contributed by atoms with Crippen LogP contribution in [0.25, 0.3) is 0 Å². The zero-order valence-corrected chi connectivity index (χ0v) is 14.9. The van der Waals surface area contributed by atoms with Crippen molar-refractivity contribution in [3.63, 3.8) is 0 Å². The summed E-state index contributed by atoms with van der Waals surface area (Å²) >= 11 is 0. The molecule has 6 nitrogen and oxygen atoms in total. The number of carbonyl (C=O) groups excluding carboxylic acids is 3. The molecule has 0 aliphatic heterocycles. The fourth-order valence-electron chi connectivity index (χ4n) is 2.31. The van der Waals surface area contributed by atoms with Crippen molar-refractivity contribution in [2.24, 2.45) is 0 Å². The number of nitrogens with one attached hydrogen (secondary N) is 2. The molecule has 0 radical (unpaired) electrons. The molecular formula is C20H22N2O4. The maximum atomic E-state index is 12.0. The van der Waals surface area contributed by atoms with Crippen LogP contribution in [0.2, 0.25) is 0 Å². The summed E-state index contributed by atoms with van der Waals surface area (Å²) in [4.78, 5) is 34.3. The van der Waals surface area contributed by atoms with Gasteiger partial charge in [-0.2, -0.15) is 0 Å². The number of carbonyl (C=O) groups is 3. The summed E-state index contributed by atoms with van der Waals surface area (Å²) in [6.45, 7) is 3.35. The molecule has 2 amide bonds. The van der Waals surface area contributed by atoms with E-state index in [9.17, 15) is 14.4 Å². The highest BCUT2D eigenvalue weighted by molar-refractivity contribution is 5.94. The minimum absolute atomic E-state index is 0.00999. The van der Waals surface area contributed by atoms with Gasteiger partial charge < -0.3 is 15.4 Å². The molecule has 0 aliphatic carbocycles. The molecule has 26 heavy (non-hydrogen) atoms. The summed E-state index contributed by atoms with van der Waals surface area (Å²) in [6, 6.07) is 13.9. The van der Waals surface area contributed by atoms with Crippen molar-refractivity contribution >= 4 is 29.0 Å². The fraction of sp³-hybridized carbons (Fsp3) is 0.250. The maximum absolute atomic E-state index is 12.0. The van der Waals surface area contributed by atoms with Crippen molar-refractivity contribution in [2.75, 3.05) is 17.2 Å². The zero-order valence-electron chi connectivity index (χ0n) is 14.9. The van der Waals surface area contributed by atoms with E-state index < -0.39 is 0 Å². The third kappa shape index (κ3) is 6.39. The highest BCUT2D eigenvalue weighted by Gasteiger charge is 2.05. The number of ketones is 1. The smallest absolute Gasteiger partial charge is 0.224 e. The molecule has 0 heterocycles. The van der Waals surface area contributed by atoms with Crippen LogP contribution in [-0.2, 0) is 9.59 Å². The molecule has 0 aromatic heterocycles. The Morgan fingerprint density at radius 3 is 2.19 bits per heavy atom. The summed E-state index contributed by atoms with van der Waals surface area (Å²) in [5.74, 6) is 0.386. The Bertz CT molecular complexity index is 785. The molecule has 2 rings (SSSR count). The minimum atomic E-state index is -0.165. The molecule has 0 unspecified atom stereocenters. The van der Waals surface area contributed by atoms with Gasteiger partial charge in [0, 0.05) is 30.3 Å². The van der Waals surface area contributed by atoms with E-state index in [4.69, 9.17) is 4.74 Å². The minimum Gasteiger partial charge on any atom is -0.494 e. The van der Waals surface area contributed by atoms with Crippen LogP contribution >= 0.6 is 0 Å². The Morgan fingerprint density at radius 2 is 1.58 bits per heavy atom. The molecule has 0 spiro atoms. The average molecular weight is 354 g/mol. The standard InChI is InChI=1S/C20H22N2O4/c1-14(23)16-8-10-19(11-9-16)26-12-4-7-20(25)22-18-6-3-5-17(13-18)21-15(2)24/h3,5-6,8-11,13H,4,7,12H2,1-2H3,(H,21,24)(H,22,25). The monoisotopic (exact) mass is 354 g/mol. The second kappa shape index (κ2) is 9.36. The van der Waals surface area contributed by atoms with Gasteiger partial charge in [0.25, 0.3) is 0 Å². The van der Waals surface area contributed by atoms with Crippen molar-refractivity contribution < 1.29 is 19.1 Å². The predicted molar refractivity (Wildman–Crippen MR) is 101 cm³/mol. The van der Waals surface area contributed by atoms with Gasteiger partial charge in [0.2, 0.25) is 11.8 Å².